The van der Waals surface area contributed by atoms with Crippen LogP contribution in [-0.2, 0) is 6.42 Å². The summed E-state index contributed by atoms with van der Waals surface area (Å²) in [6.45, 7) is 8.14. The summed E-state index contributed by atoms with van der Waals surface area (Å²) in [4.78, 5) is 29.2. The minimum atomic E-state index is -0.0775. The normalized spacial score (nSPS) is 11.2. The van der Waals surface area contributed by atoms with Crippen LogP contribution in [-0.4, -0.2) is 19.9 Å². The van der Waals surface area contributed by atoms with Crippen LogP contribution >= 0.6 is 0 Å². The van der Waals surface area contributed by atoms with Crippen LogP contribution in [0.2, 0.25) is 0 Å². The molecule has 166 valence electrons. The third-order valence-corrected chi connectivity index (χ3v) is 5.78. The standard InChI is InChI=1S/C25H35N5O/c1-5-6-7-8-9-10-11-12-13-21-19(4)27-25(29-23(21)31)30-24-26-18(3)20-15-14-17(2)16-22(20)28-24/h14-16H,5-13H2,1-4H3,(H2,26,27,28,29,30,31). The number of aromatic nitrogens is 4. The van der Waals surface area contributed by atoms with Crippen LogP contribution in [0.15, 0.2) is 23.0 Å². The van der Waals surface area contributed by atoms with Crippen LogP contribution < -0.4 is 10.9 Å². The number of hydrogen-bond donors (Lipinski definition) is 2. The van der Waals surface area contributed by atoms with E-state index in [9.17, 15) is 4.79 Å². The van der Waals surface area contributed by atoms with Crippen molar-refractivity contribution in [3.8, 4) is 0 Å². The SMILES string of the molecule is CCCCCCCCCCc1c(C)nc(Nc2nc(C)c3ccc(C)cc3n2)[nH]c1=O. The highest BCUT2D eigenvalue weighted by molar-refractivity contribution is 5.82. The lowest BCUT2D eigenvalue weighted by atomic mass is 10.0. The summed E-state index contributed by atoms with van der Waals surface area (Å²) in [7, 11) is 0. The number of fused-ring (bicyclic) bond motifs is 1. The van der Waals surface area contributed by atoms with Gasteiger partial charge in [-0.25, -0.2) is 15.0 Å². The largest absolute Gasteiger partial charge is 0.294 e. The highest BCUT2D eigenvalue weighted by atomic mass is 16.1. The van der Waals surface area contributed by atoms with E-state index in [1.54, 1.807) is 0 Å². The van der Waals surface area contributed by atoms with E-state index in [4.69, 9.17) is 0 Å². The van der Waals surface area contributed by atoms with Gasteiger partial charge in [-0.15, -0.1) is 0 Å². The Hall–Kier alpha value is -2.76. The molecule has 0 aliphatic heterocycles. The molecule has 0 amide bonds. The summed E-state index contributed by atoms with van der Waals surface area (Å²) in [6, 6.07) is 6.12. The molecule has 3 aromatic rings. The fourth-order valence-corrected chi connectivity index (χ4v) is 3.96. The zero-order chi connectivity index (χ0) is 22.2. The second-order valence-corrected chi connectivity index (χ2v) is 8.48. The second kappa shape index (κ2) is 11.0. The third kappa shape index (κ3) is 6.36. The van der Waals surface area contributed by atoms with Crippen LogP contribution in [0.25, 0.3) is 10.9 Å². The summed E-state index contributed by atoms with van der Waals surface area (Å²) in [5, 5.41) is 4.10. The average molecular weight is 422 g/mol. The lowest BCUT2D eigenvalue weighted by Crippen LogP contribution is -2.19. The zero-order valence-electron chi connectivity index (χ0n) is 19.3. The Morgan fingerprint density at radius 2 is 1.58 bits per heavy atom. The van der Waals surface area contributed by atoms with E-state index >= 15 is 0 Å². The van der Waals surface area contributed by atoms with Crippen molar-refractivity contribution in [1.29, 1.82) is 0 Å². The summed E-state index contributed by atoms with van der Waals surface area (Å²) < 4.78 is 0. The lowest BCUT2D eigenvalue weighted by Gasteiger charge is -2.10. The molecule has 0 radical (unpaired) electrons. The van der Waals surface area contributed by atoms with Crippen LogP contribution in [0.3, 0.4) is 0 Å². The molecule has 0 fully saturated rings. The number of aryl methyl sites for hydroxylation is 3. The van der Waals surface area contributed by atoms with Gasteiger partial charge in [0.1, 0.15) is 0 Å². The molecule has 0 atom stereocenters. The van der Waals surface area contributed by atoms with Gasteiger partial charge in [0.25, 0.3) is 5.56 Å². The van der Waals surface area contributed by atoms with E-state index in [0.717, 1.165) is 52.7 Å². The molecule has 3 rings (SSSR count). The highest BCUT2D eigenvalue weighted by Crippen LogP contribution is 2.20. The Bertz CT molecular complexity index is 1070. The first-order chi connectivity index (χ1) is 15.0. The quantitative estimate of drug-likeness (QED) is 0.367. The van der Waals surface area contributed by atoms with E-state index in [2.05, 4.69) is 38.2 Å². The van der Waals surface area contributed by atoms with Gasteiger partial charge in [0.05, 0.1) is 11.2 Å². The molecule has 0 aliphatic carbocycles. The Balaban J connectivity index is 1.61. The van der Waals surface area contributed by atoms with Crippen molar-refractivity contribution in [1.82, 2.24) is 19.9 Å². The van der Waals surface area contributed by atoms with E-state index in [1.165, 1.54) is 38.5 Å². The molecule has 6 heteroatoms. The molecule has 0 bridgehead atoms. The molecular weight excluding hydrogens is 386 g/mol. The summed E-state index contributed by atoms with van der Waals surface area (Å²) >= 11 is 0. The number of benzene rings is 1. The second-order valence-electron chi connectivity index (χ2n) is 8.48. The summed E-state index contributed by atoms with van der Waals surface area (Å²) in [5.74, 6) is 0.822. The van der Waals surface area contributed by atoms with Gasteiger partial charge < -0.3 is 0 Å². The molecule has 2 aromatic heterocycles. The van der Waals surface area contributed by atoms with Crippen LogP contribution in [0.1, 0.15) is 80.8 Å². The molecule has 6 nitrogen and oxygen atoms in total. The van der Waals surface area contributed by atoms with Crippen molar-refractivity contribution < 1.29 is 0 Å². The smallest absolute Gasteiger partial charge is 0.255 e. The zero-order valence-corrected chi connectivity index (χ0v) is 19.3. The Morgan fingerprint density at radius 3 is 2.29 bits per heavy atom. The predicted octanol–water partition coefficient (Wildman–Crippen LogP) is 6.07. The molecule has 0 aliphatic rings. The van der Waals surface area contributed by atoms with E-state index in [1.807, 2.05) is 32.9 Å². The van der Waals surface area contributed by atoms with Gasteiger partial charge >= 0.3 is 0 Å². The van der Waals surface area contributed by atoms with Gasteiger partial charge in [-0.1, -0.05) is 64.0 Å². The maximum atomic E-state index is 12.6. The van der Waals surface area contributed by atoms with Gasteiger partial charge in [0.15, 0.2) is 0 Å². The number of anilines is 2. The van der Waals surface area contributed by atoms with Crippen molar-refractivity contribution in [3.05, 3.63) is 51.1 Å². The topological polar surface area (TPSA) is 83.6 Å². The Kier molecular flexibility index (Phi) is 8.15. The van der Waals surface area contributed by atoms with Crippen LogP contribution in [0.4, 0.5) is 11.9 Å². The lowest BCUT2D eigenvalue weighted by molar-refractivity contribution is 0.574. The van der Waals surface area contributed by atoms with Gasteiger partial charge in [-0.2, -0.15) is 0 Å². The van der Waals surface area contributed by atoms with Crippen molar-refractivity contribution in [2.75, 3.05) is 5.32 Å². The average Bonchev–Trinajstić information content (AvgIpc) is 2.71. The first-order valence-electron chi connectivity index (χ1n) is 11.6. The summed E-state index contributed by atoms with van der Waals surface area (Å²) in [5.41, 5.74) is 4.37. The molecule has 0 unspecified atom stereocenters. The number of rotatable bonds is 11. The molecule has 31 heavy (non-hydrogen) atoms. The number of nitrogens with zero attached hydrogens (tertiary/aromatic N) is 3. The molecule has 0 saturated heterocycles. The van der Waals surface area contributed by atoms with Crippen molar-refractivity contribution >= 4 is 22.8 Å². The van der Waals surface area contributed by atoms with Crippen LogP contribution in [0, 0.1) is 20.8 Å². The highest BCUT2D eigenvalue weighted by Gasteiger charge is 2.10. The number of unbranched alkanes of at least 4 members (excludes halogenated alkanes) is 7. The first-order valence-corrected chi connectivity index (χ1v) is 11.6. The van der Waals surface area contributed by atoms with E-state index in [-0.39, 0.29) is 5.56 Å². The molecule has 0 saturated carbocycles. The monoisotopic (exact) mass is 421 g/mol. The third-order valence-electron chi connectivity index (χ3n) is 5.78. The molecule has 1 aromatic carbocycles. The maximum absolute atomic E-state index is 12.6. The van der Waals surface area contributed by atoms with Gasteiger partial charge in [0.2, 0.25) is 11.9 Å². The van der Waals surface area contributed by atoms with E-state index in [0.29, 0.717) is 11.9 Å². The predicted molar refractivity (Wildman–Crippen MR) is 128 cm³/mol. The van der Waals surface area contributed by atoms with Gasteiger partial charge in [-0.05, 0) is 45.2 Å². The van der Waals surface area contributed by atoms with Crippen molar-refractivity contribution in [3.63, 3.8) is 0 Å². The minimum absolute atomic E-state index is 0.0775. The number of aromatic amines is 1. The number of nitrogens with one attached hydrogen (secondary N) is 2. The van der Waals surface area contributed by atoms with Crippen molar-refractivity contribution in [2.24, 2.45) is 0 Å². The number of H-pyrrole nitrogens is 1. The Labute approximate surface area is 185 Å². The van der Waals surface area contributed by atoms with Crippen LogP contribution in [0.5, 0.6) is 0 Å². The summed E-state index contributed by atoms with van der Waals surface area (Å²) in [6.07, 6.45) is 10.8. The van der Waals surface area contributed by atoms with Gasteiger partial charge in [0, 0.05) is 16.6 Å². The molecule has 2 N–H and O–H groups in total. The van der Waals surface area contributed by atoms with E-state index < -0.39 is 0 Å². The molecule has 0 spiro atoms. The molecular formula is C25H35N5O. The first kappa shape index (κ1) is 22.9. The molecule has 2 heterocycles. The van der Waals surface area contributed by atoms with Gasteiger partial charge in [-0.3, -0.25) is 15.1 Å². The Morgan fingerprint density at radius 1 is 0.871 bits per heavy atom. The number of hydrogen-bond acceptors (Lipinski definition) is 5. The fraction of sp³-hybridized carbons (Fsp3) is 0.520. The maximum Gasteiger partial charge on any atom is 0.255 e. The minimum Gasteiger partial charge on any atom is -0.294 e. The van der Waals surface area contributed by atoms with Crippen molar-refractivity contribution in [2.45, 2.75) is 85.5 Å². The fourth-order valence-electron chi connectivity index (χ4n) is 3.96.